The van der Waals surface area contributed by atoms with E-state index in [-0.39, 0.29) is 0 Å². The summed E-state index contributed by atoms with van der Waals surface area (Å²) >= 11 is 0. The van der Waals surface area contributed by atoms with Crippen molar-refractivity contribution in [3.8, 4) is 33.8 Å². The molecule has 0 aromatic heterocycles. The van der Waals surface area contributed by atoms with Crippen molar-refractivity contribution in [2.45, 2.75) is 0 Å². The summed E-state index contributed by atoms with van der Waals surface area (Å²) in [6, 6.07) is 24.7. The minimum Gasteiger partial charge on any atom is -0.493 e. The third kappa shape index (κ3) is 2.68. The molecule has 110 valence electrons. The van der Waals surface area contributed by atoms with Crippen molar-refractivity contribution >= 4 is 0 Å². The number of para-hydroxylation sites is 1. The van der Waals surface area contributed by atoms with Gasteiger partial charge < -0.3 is 9.47 Å². The maximum absolute atomic E-state index is 5.51. The first-order valence-corrected chi connectivity index (χ1v) is 7.20. The largest absolute Gasteiger partial charge is 0.493 e. The van der Waals surface area contributed by atoms with Gasteiger partial charge in [0, 0.05) is 5.56 Å². The summed E-state index contributed by atoms with van der Waals surface area (Å²) in [4.78, 5) is 0. The molecule has 0 amide bonds. The Bertz CT molecular complexity index is 746. The molecule has 0 aliphatic rings. The molecule has 0 saturated carbocycles. The Morgan fingerprint density at radius 3 is 1.82 bits per heavy atom. The Labute approximate surface area is 131 Å². The van der Waals surface area contributed by atoms with Crippen LogP contribution in [0.25, 0.3) is 22.3 Å². The number of hydrogen-bond donors (Lipinski definition) is 0. The fourth-order valence-corrected chi connectivity index (χ4v) is 2.59. The highest BCUT2D eigenvalue weighted by molar-refractivity contribution is 5.76. The molecular weight excluding hydrogens is 272 g/mol. The molecule has 0 unspecified atom stereocenters. The molecule has 3 rings (SSSR count). The summed E-state index contributed by atoms with van der Waals surface area (Å²) in [6.45, 7) is 0. The maximum atomic E-state index is 5.51. The van der Waals surface area contributed by atoms with E-state index in [1.807, 2.05) is 36.4 Å². The van der Waals surface area contributed by atoms with Crippen molar-refractivity contribution in [1.82, 2.24) is 0 Å². The van der Waals surface area contributed by atoms with Gasteiger partial charge in [-0.05, 0) is 22.8 Å². The molecule has 0 heterocycles. The summed E-state index contributed by atoms with van der Waals surface area (Å²) in [5.41, 5.74) is 4.55. The number of rotatable bonds is 4. The Morgan fingerprint density at radius 2 is 1.18 bits per heavy atom. The average molecular weight is 290 g/mol. The Balaban J connectivity index is 2.00. The van der Waals surface area contributed by atoms with Gasteiger partial charge in [-0.1, -0.05) is 66.7 Å². The minimum atomic E-state index is 0.743. The van der Waals surface area contributed by atoms with Crippen LogP contribution in [0.5, 0.6) is 11.5 Å². The summed E-state index contributed by atoms with van der Waals surface area (Å²) in [7, 11) is 3.32. The predicted molar refractivity (Wildman–Crippen MR) is 90.4 cm³/mol. The lowest BCUT2D eigenvalue weighted by Gasteiger charge is -2.13. The third-order valence-corrected chi connectivity index (χ3v) is 3.71. The Kier molecular flexibility index (Phi) is 4.10. The SMILES string of the molecule is COc1cccc(-c2ccc(-c3ccccc3)cc2)c1OC. The second-order valence-corrected chi connectivity index (χ2v) is 4.98. The summed E-state index contributed by atoms with van der Waals surface area (Å²) in [5.74, 6) is 1.50. The molecule has 22 heavy (non-hydrogen) atoms. The summed E-state index contributed by atoms with van der Waals surface area (Å²) in [5, 5.41) is 0. The monoisotopic (exact) mass is 290 g/mol. The van der Waals surface area contributed by atoms with Crippen molar-refractivity contribution in [1.29, 1.82) is 0 Å². The highest BCUT2D eigenvalue weighted by Crippen LogP contribution is 2.38. The lowest BCUT2D eigenvalue weighted by molar-refractivity contribution is 0.356. The smallest absolute Gasteiger partial charge is 0.168 e. The molecule has 3 aromatic rings. The lowest BCUT2D eigenvalue weighted by Crippen LogP contribution is -1.93. The maximum Gasteiger partial charge on any atom is 0.168 e. The first-order chi connectivity index (χ1) is 10.8. The Morgan fingerprint density at radius 1 is 0.545 bits per heavy atom. The van der Waals surface area contributed by atoms with Gasteiger partial charge in [-0.25, -0.2) is 0 Å². The standard InChI is InChI=1S/C20H18O2/c1-21-19-10-6-9-18(20(19)22-2)17-13-11-16(12-14-17)15-7-4-3-5-8-15/h3-14H,1-2H3. The summed E-state index contributed by atoms with van der Waals surface area (Å²) in [6.07, 6.45) is 0. The number of methoxy groups -OCH3 is 2. The van der Waals surface area contributed by atoms with E-state index in [1.165, 1.54) is 11.1 Å². The molecule has 0 aliphatic carbocycles. The molecule has 0 atom stereocenters. The Hall–Kier alpha value is -2.74. The van der Waals surface area contributed by atoms with Crippen molar-refractivity contribution in [2.24, 2.45) is 0 Å². The molecule has 2 nitrogen and oxygen atoms in total. The van der Waals surface area contributed by atoms with Gasteiger partial charge in [-0.3, -0.25) is 0 Å². The van der Waals surface area contributed by atoms with Crippen LogP contribution >= 0.6 is 0 Å². The molecule has 0 aliphatic heterocycles. The quantitative estimate of drug-likeness (QED) is 0.670. The predicted octanol–water partition coefficient (Wildman–Crippen LogP) is 5.04. The molecule has 3 aromatic carbocycles. The first kappa shape index (κ1) is 14.2. The molecule has 0 bridgehead atoms. The van der Waals surface area contributed by atoms with Gasteiger partial charge in [0.25, 0.3) is 0 Å². The van der Waals surface area contributed by atoms with Gasteiger partial charge >= 0.3 is 0 Å². The van der Waals surface area contributed by atoms with Crippen LogP contribution in [0.2, 0.25) is 0 Å². The number of hydrogen-bond acceptors (Lipinski definition) is 2. The van der Waals surface area contributed by atoms with E-state index in [2.05, 4.69) is 36.4 Å². The first-order valence-electron chi connectivity index (χ1n) is 7.20. The van der Waals surface area contributed by atoms with Gasteiger partial charge in [0.15, 0.2) is 11.5 Å². The lowest BCUT2D eigenvalue weighted by atomic mass is 9.99. The van der Waals surface area contributed by atoms with Crippen molar-refractivity contribution in [3.05, 3.63) is 72.8 Å². The topological polar surface area (TPSA) is 18.5 Å². The molecule has 0 spiro atoms. The second kappa shape index (κ2) is 6.35. The van der Waals surface area contributed by atoms with E-state index in [0.29, 0.717) is 0 Å². The van der Waals surface area contributed by atoms with Gasteiger partial charge in [-0.15, -0.1) is 0 Å². The number of ether oxygens (including phenoxy) is 2. The van der Waals surface area contributed by atoms with Gasteiger partial charge in [0.05, 0.1) is 14.2 Å². The van der Waals surface area contributed by atoms with E-state index in [9.17, 15) is 0 Å². The van der Waals surface area contributed by atoms with Crippen LogP contribution in [0.1, 0.15) is 0 Å². The van der Waals surface area contributed by atoms with Gasteiger partial charge in [0.1, 0.15) is 0 Å². The molecular formula is C20H18O2. The minimum absolute atomic E-state index is 0.743. The van der Waals surface area contributed by atoms with Crippen LogP contribution in [0, 0.1) is 0 Å². The van der Waals surface area contributed by atoms with Gasteiger partial charge in [0.2, 0.25) is 0 Å². The van der Waals surface area contributed by atoms with E-state index < -0.39 is 0 Å². The van der Waals surface area contributed by atoms with E-state index in [4.69, 9.17) is 9.47 Å². The van der Waals surface area contributed by atoms with Crippen LogP contribution in [0.3, 0.4) is 0 Å². The van der Waals surface area contributed by atoms with Crippen molar-refractivity contribution in [3.63, 3.8) is 0 Å². The van der Waals surface area contributed by atoms with Crippen LogP contribution in [-0.4, -0.2) is 14.2 Å². The normalized spacial score (nSPS) is 10.3. The van der Waals surface area contributed by atoms with Crippen LogP contribution in [0.4, 0.5) is 0 Å². The van der Waals surface area contributed by atoms with Gasteiger partial charge in [-0.2, -0.15) is 0 Å². The van der Waals surface area contributed by atoms with E-state index in [0.717, 1.165) is 22.6 Å². The molecule has 0 fully saturated rings. The van der Waals surface area contributed by atoms with Crippen LogP contribution in [-0.2, 0) is 0 Å². The van der Waals surface area contributed by atoms with Crippen molar-refractivity contribution in [2.75, 3.05) is 14.2 Å². The third-order valence-electron chi connectivity index (χ3n) is 3.71. The average Bonchev–Trinajstić information content (AvgIpc) is 2.62. The highest BCUT2D eigenvalue weighted by atomic mass is 16.5. The highest BCUT2D eigenvalue weighted by Gasteiger charge is 2.11. The molecule has 0 N–H and O–H groups in total. The van der Waals surface area contributed by atoms with E-state index >= 15 is 0 Å². The zero-order valence-electron chi connectivity index (χ0n) is 12.7. The van der Waals surface area contributed by atoms with Crippen LogP contribution < -0.4 is 9.47 Å². The molecule has 0 radical (unpaired) electrons. The van der Waals surface area contributed by atoms with E-state index in [1.54, 1.807) is 14.2 Å². The van der Waals surface area contributed by atoms with Crippen LogP contribution in [0.15, 0.2) is 72.8 Å². The molecule has 0 saturated heterocycles. The molecule has 2 heteroatoms. The zero-order chi connectivity index (χ0) is 15.4. The fourth-order valence-electron chi connectivity index (χ4n) is 2.59. The zero-order valence-corrected chi connectivity index (χ0v) is 12.7. The second-order valence-electron chi connectivity index (χ2n) is 4.98. The fraction of sp³-hybridized carbons (Fsp3) is 0.100. The number of benzene rings is 3. The summed E-state index contributed by atoms with van der Waals surface area (Å²) < 4.78 is 10.9. The van der Waals surface area contributed by atoms with Crippen molar-refractivity contribution < 1.29 is 9.47 Å².